The monoisotopic (exact) mass is 575 g/mol. The van der Waals surface area contributed by atoms with Gasteiger partial charge in [0.05, 0.1) is 13.2 Å². The molecular formula is C24H39FN5O8P. The Hall–Kier alpha value is -2.64. The molecule has 0 aromatic carbocycles. The molecule has 1 fully saturated rings. The average Bonchev–Trinajstić information content (AvgIpc) is 3.16. The van der Waals surface area contributed by atoms with Crippen molar-refractivity contribution in [3.63, 3.8) is 0 Å². The highest BCUT2D eigenvalue weighted by atomic mass is 31.2. The third-order valence-corrected chi connectivity index (χ3v) is 7.94. The minimum Gasteiger partial charge on any atom is -0.465 e. The van der Waals surface area contributed by atoms with E-state index in [1.165, 1.54) is 26.1 Å². The highest BCUT2D eigenvalue weighted by Gasteiger charge is 2.45. The van der Waals surface area contributed by atoms with Crippen molar-refractivity contribution in [2.45, 2.75) is 90.1 Å². The summed E-state index contributed by atoms with van der Waals surface area (Å²) in [7, 11) is -3.92. The van der Waals surface area contributed by atoms with Gasteiger partial charge < -0.3 is 25.1 Å². The Morgan fingerprint density at radius 1 is 1.21 bits per heavy atom. The summed E-state index contributed by atoms with van der Waals surface area (Å²) in [5.74, 6) is -0.308. The number of aliphatic hydroxyl groups is 1. The van der Waals surface area contributed by atoms with Crippen LogP contribution < -0.4 is 21.6 Å². The molecular weight excluding hydrogens is 536 g/mol. The molecule has 1 aromatic heterocycles. The maximum absolute atomic E-state index is 14.9. The number of nitrogens with two attached hydrogens (primary N) is 1. The van der Waals surface area contributed by atoms with Crippen LogP contribution in [0.1, 0.15) is 59.6 Å². The van der Waals surface area contributed by atoms with Crippen LogP contribution in [0.2, 0.25) is 0 Å². The predicted octanol–water partition coefficient (Wildman–Crippen LogP) is 1.77. The smallest absolute Gasteiger partial charge is 0.351 e. The zero-order valence-electron chi connectivity index (χ0n) is 22.6. The van der Waals surface area contributed by atoms with Crippen molar-refractivity contribution >= 4 is 25.2 Å². The van der Waals surface area contributed by atoms with E-state index in [0.717, 1.165) is 29.3 Å². The predicted molar refractivity (Wildman–Crippen MR) is 141 cm³/mol. The van der Waals surface area contributed by atoms with E-state index in [1.807, 2.05) is 13.8 Å². The normalized spacial score (nSPS) is 24.3. The third-order valence-electron chi connectivity index (χ3n) is 5.81. The van der Waals surface area contributed by atoms with Crippen LogP contribution in [0.5, 0.6) is 0 Å². The molecule has 2 heterocycles. The first-order chi connectivity index (χ1) is 18.4. The summed E-state index contributed by atoms with van der Waals surface area (Å²) in [5.41, 5.74) is 4.59. The summed E-state index contributed by atoms with van der Waals surface area (Å²) in [6.07, 6.45) is -1.33. The van der Waals surface area contributed by atoms with E-state index >= 15 is 0 Å². The molecule has 7 atom stereocenters. The number of aliphatic hydroxyl groups excluding tert-OH is 1. The van der Waals surface area contributed by atoms with Gasteiger partial charge in [0.15, 0.2) is 12.4 Å². The summed E-state index contributed by atoms with van der Waals surface area (Å²) < 4.78 is 45.5. The molecule has 0 saturated carbocycles. The van der Waals surface area contributed by atoms with Gasteiger partial charge in [0.1, 0.15) is 30.1 Å². The topological polar surface area (TPSA) is 184 Å². The number of aromatic nitrogens is 2. The molecule has 1 aliphatic heterocycles. The van der Waals surface area contributed by atoms with E-state index in [1.54, 1.807) is 0 Å². The SMILES string of the molecule is CCCCOC(=O)[C@H](C)NP(=O)(/C=C/[C@H]1O[C@@H](n2ccc(N)nc2=O)[C@H](F)[C@@H]1O)N[C@H](C)C(=O)OCCCC. The highest BCUT2D eigenvalue weighted by molar-refractivity contribution is 7.63. The van der Waals surface area contributed by atoms with Crippen molar-refractivity contribution in [1.82, 2.24) is 19.7 Å². The molecule has 1 saturated heterocycles. The molecule has 0 aliphatic carbocycles. The lowest BCUT2D eigenvalue weighted by molar-refractivity contribution is -0.145. The first kappa shape index (κ1) is 32.6. The second-order valence-electron chi connectivity index (χ2n) is 9.21. The molecule has 0 amide bonds. The van der Waals surface area contributed by atoms with Crippen LogP contribution in [-0.4, -0.2) is 70.3 Å². The fraction of sp³-hybridized carbons (Fsp3) is 0.667. The van der Waals surface area contributed by atoms with Crippen molar-refractivity contribution < 1.29 is 37.9 Å². The van der Waals surface area contributed by atoms with Crippen LogP contribution in [0.4, 0.5) is 10.2 Å². The minimum absolute atomic E-state index is 0.0654. The van der Waals surface area contributed by atoms with Crippen molar-refractivity contribution in [3.05, 3.63) is 34.6 Å². The molecule has 1 unspecified atom stereocenters. The molecule has 1 aromatic rings. The molecule has 15 heteroatoms. The van der Waals surface area contributed by atoms with E-state index in [9.17, 15) is 28.4 Å². The molecule has 13 nitrogen and oxygen atoms in total. The molecule has 5 N–H and O–H groups in total. The van der Waals surface area contributed by atoms with E-state index in [4.69, 9.17) is 19.9 Å². The number of carbonyl (C=O) groups is 2. The quantitative estimate of drug-likeness (QED) is 0.135. The van der Waals surface area contributed by atoms with Gasteiger partial charge >= 0.3 is 17.6 Å². The van der Waals surface area contributed by atoms with Crippen LogP contribution in [-0.2, 0) is 28.4 Å². The lowest BCUT2D eigenvalue weighted by Crippen LogP contribution is -2.41. The lowest BCUT2D eigenvalue weighted by atomic mass is 10.1. The Morgan fingerprint density at radius 3 is 2.23 bits per heavy atom. The number of esters is 2. The maximum atomic E-state index is 14.9. The summed E-state index contributed by atoms with van der Waals surface area (Å²) in [5, 5.41) is 15.7. The zero-order valence-corrected chi connectivity index (χ0v) is 23.5. The third kappa shape index (κ3) is 9.50. The Morgan fingerprint density at radius 2 is 1.74 bits per heavy atom. The van der Waals surface area contributed by atoms with Gasteiger partial charge in [0, 0.05) is 12.0 Å². The van der Waals surface area contributed by atoms with Gasteiger partial charge in [-0.05, 0) is 38.8 Å². The van der Waals surface area contributed by atoms with Crippen LogP contribution in [0, 0.1) is 0 Å². The first-order valence-electron chi connectivity index (χ1n) is 12.9. The number of anilines is 1. The van der Waals surface area contributed by atoms with E-state index in [-0.39, 0.29) is 19.0 Å². The van der Waals surface area contributed by atoms with Gasteiger partial charge in [-0.3, -0.25) is 18.7 Å². The Labute approximate surface area is 226 Å². The van der Waals surface area contributed by atoms with Crippen molar-refractivity contribution in [1.29, 1.82) is 0 Å². The second-order valence-corrected chi connectivity index (χ2v) is 11.3. The van der Waals surface area contributed by atoms with Crippen molar-refractivity contribution in [3.8, 4) is 0 Å². The zero-order chi connectivity index (χ0) is 29.2. The number of hydrogen-bond acceptors (Lipinski definition) is 10. The number of alkyl halides is 1. The lowest BCUT2D eigenvalue weighted by Gasteiger charge is -2.24. The Kier molecular flexibility index (Phi) is 12.7. The fourth-order valence-electron chi connectivity index (χ4n) is 3.56. The van der Waals surface area contributed by atoms with Gasteiger partial charge in [0.25, 0.3) is 0 Å². The number of ether oxygens (including phenoxy) is 3. The van der Waals surface area contributed by atoms with Crippen LogP contribution in [0.15, 0.2) is 29.0 Å². The maximum Gasteiger partial charge on any atom is 0.351 e. The fourth-order valence-corrected chi connectivity index (χ4v) is 5.58. The van der Waals surface area contributed by atoms with Gasteiger partial charge in [-0.15, -0.1) is 0 Å². The van der Waals surface area contributed by atoms with Gasteiger partial charge in [-0.25, -0.2) is 19.4 Å². The average molecular weight is 576 g/mol. The van der Waals surface area contributed by atoms with Crippen LogP contribution >= 0.6 is 7.44 Å². The summed E-state index contributed by atoms with van der Waals surface area (Å²) in [6.45, 7) is 7.13. The van der Waals surface area contributed by atoms with Gasteiger partial charge in [-0.2, -0.15) is 4.98 Å². The second kappa shape index (κ2) is 15.2. The number of rotatable bonds is 15. The first-order valence-corrected chi connectivity index (χ1v) is 14.7. The van der Waals surface area contributed by atoms with E-state index in [0.29, 0.717) is 12.8 Å². The molecule has 220 valence electrons. The Balaban J connectivity index is 2.23. The number of nitrogen functional groups attached to an aromatic ring is 1. The number of hydrogen-bond donors (Lipinski definition) is 4. The highest BCUT2D eigenvalue weighted by Crippen LogP contribution is 2.41. The van der Waals surface area contributed by atoms with Crippen molar-refractivity contribution in [2.75, 3.05) is 18.9 Å². The summed E-state index contributed by atoms with van der Waals surface area (Å²) >= 11 is 0. The van der Waals surface area contributed by atoms with Crippen LogP contribution in [0.25, 0.3) is 0 Å². The number of carbonyl (C=O) groups excluding carboxylic acids is 2. The summed E-state index contributed by atoms with van der Waals surface area (Å²) in [6, 6.07) is -0.829. The molecule has 0 bridgehead atoms. The van der Waals surface area contributed by atoms with E-state index < -0.39 is 61.8 Å². The van der Waals surface area contributed by atoms with Crippen molar-refractivity contribution in [2.24, 2.45) is 0 Å². The van der Waals surface area contributed by atoms with Gasteiger partial charge in [0.2, 0.25) is 7.44 Å². The largest absolute Gasteiger partial charge is 0.465 e. The molecule has 0 radical (unpaired) electrons. The summed E-state index contributed by atoms with van der Waals surface area (Å²) in [4.78, 5) is 40.4. The standard InChI is InChI=1S/C24H39FN5O8P/c1-5-7-12-36-22(32)15(3)28-39(35,29-16(4)23(33)37-13-8-6-2)14-10-17-20(31)19(25)21(38-17)30-11-9-18(26)27-24(30)34/h9-11,14-17,19-21,31H,5-8,12-13H2,1-4H3,(H2,26,27,34)(H2,28,29,35)/b14-10+/t15-,16+,17-,19-,20-,21-,39?/m1/s1. The number of halogens is 1. The number of nitrogens with one attached hydrogen (secondary N) is 2. The molecule has 39 heavy (non-hydrogen) atoms. The minimum atomic E-state index is -3.92. The number of unbranched alkanes of at least 4 members (excludes halogenated alkanes) is 2. The van der Waals surface area contributed by atoms with Gasteiger partial charge in [-0.1, -0.05) is 26.7 Å². The molecule has 0 spiro atoms. The number of nitrogens with zero attached hydrogens (tertiary/aromatic N) is 2. The molecule has 2 rings (SSSR count). The van der Waals surface area contributed by atoms with Crippen LogP contribution in [0.3, 0.4) is 0 Å². The molecule has 1 aliphatic rings. The Bertz CT molecular complexity index is 1070. The van der Waals surface area contributed by atoms with E-state index in [2.05, 4.69) is 15.2 Å².